The number of nitrogens with zero attached hydrogens (tertiary/aromatic N) is 1. The Morgan fingerprint density at radius 3 is 1.92 bits per heavy atom. The predicted octanol–water partition coefficient (Wildman–Crippen LogP) is 1.87. The Morgan fingerprint density at radius 1 is 1.23 bits per heavy atom. The van der Waals surface area contributed by atoms with Crippen LogP contribution >= 0.6 is 0 Å². The van der Waals surface area contributed by atoms with E-state index in [1.165, 1.54) is 19.3 Å². The van der Waals surface area contributed by atoms with Gasteiger partial charge < -0.3 is 9.63 Å². The fourth-order valence-electron chi connectivity index (χ4n) is 1.27. The SMILES string of the molecule is CON(C)C.O=CC1CCCCC1. The third-order valence-electron chi connectivity index (χ3n) is 2.21. The lowest BCUT2D eigenvalue weighted by atomic mass is 9.91. The fourth-order valence-corrected chi connectivity index (χ4v) is 1.27. The highest BCUT2D eigenvalue weighted by Crippen LogP contribution is 2.21. The third kappa shape index (κ3) is 7.94. The minimum Gasteiger partial charge on any atom is -0.303 e. The molecule has 0 bridgehead atoms. The summed E-state index contributed by atoms with van der Waals surface area (Å²) in [5.74, 6) is 0.406. The highest BCUT2D eigenvalue weighted by Gasteiger charge is 2.10. The minimum absolute atomic E-state index is 0.406. The molecule has 0 aromatic heterocycles. The van der Waals surface area contributed by atoms with Crippen LogP contribution < -0.4 is 0 Å². The Balaban J connectivity index is 0.000000252. The Hall–Kier alpha value is -0.410. The molecule has 1 rings (SSSR count). The van der Waals surface area contributed by atoms with E-state index in [0.29, 0.717) is 5.92 Å². The van der Waals surface area contributed by atoms with E-state index >= 15 is 0 Å². The molecular weight excluding hydrogens is 166 g/mol. The molecule has 3 nitrogen and oxygen atoms in total. The number of hydrogen-bond donors (Lipinski definition) is 0. The highest BCUT2D eigenvalue weighted by atomic mass is 16.7. The van der Waals surface area contributed by atoms with Gasteiger partial charge in [0, 0.05) is 20.0 Å². The van der Waals surface area contributed by atoms with Crippen LogP contribution in [0.15, 0.2) is 0 Å². The van der Waals surface area contributed by atoms with E-state index in [0.717, 1.165) is 19.1 Å². The predicted molar refractivity (Wildman–Crippen MR) is 53.3 cm³/mol. The summed E-state index contributed by atoms with van der Waals surface area (Å²) in [4.78, 5) is 14.7. The van der Waals surface area contributed by atoms with Crippen molar-refractivity contribution in [2.24, 2.45) is 5.92 Å². The molecule has 3 heteroatoms. The van der Waals surface area contributed by atoms with Crippen LogP contribution in [-0.2, 0) is 9.63 Å². The molecule has 13 heavy (non-hydrogen) atoms. The van der Waals surface area contributed by atoms with E-state index in [2.05, 4.69) is 4.84 Å². The van der Waals surface area contributed by atoms with Crippen molar-refractivity contribution in [2.75, 3.05) is 21.2 Å². The molecule has 0 aliphatic heterocycles. The molecule has 0 aromatic rings. The van der Waals surface area contributed by atoms with E-state index in [1.54, 1.807) is 12.2 Å². The average Bonchev–Trinajstić information content (AvgIpc) is 2.20. The van der Waals surface area contributed by atoms with Crippen LogP contribution in [-0.4, -0.2) is 32.6 Å². The van der Waals surface area contributed by atoms with Crippen molar-refractivity contribution < 1.29 is 9.63 Å². The maximum Gasteiger partial charge on any atom is 0.123 e. The van der Waals surface area contributed by atoms with Gasteiger partial charge in [-0.15, -0.1) is 0 Å². The van der Waals surface area contributed by atoms with E-state index in [9.17, 15) is 4.79 Å². The van der Waals surface area contributed by atoms with E-state index in [-0.39, 0.29) is 0 Å². The lowest BCUT2D eigenvalue weighted by Gasteiger charge is -2.14. The van der Waals surface area contributed by atoms with Gasteiger partial charge in [-0.25, -0.2) is 0 Å². The van der Waals surface area contributed by atoms with Gasteiger partial charge in [0.25, 0.3) is 0 Å². The second-order valence-electron chi connectivity index (χ2n) is 3.53. The molecule has 1 fully saturated rings. The van der Waals surface area contributed by atoms with Crippen LogP contribution in [0.5, 0.6) is 0 Å². The molecule has 0 saturated heterocycles. The molecule has 78 valence electrons. The van der Waals surface area contributed by atoms with Gasteiger partial charge in [0.05, 0.1) is 7.11 Å². The fraction of sp³-hybridized carbons (Fsp3) is 0.900. The summed E-state index contributed by atoms with van der Waals surface area (Å²) >= 11 is 0. The molecule has 0 amide bonds. The summed E-state index contributed by atoms with van der Waals surface area (Å²) in [6.45, 7) is 0. The first-order valence-electron chi connectivity index (χ1n) is 4.87. The van der Waals surface area contributed by atoms with Crippen molar-refractivity contribution in [3.05, 3.63) is 0 Å². The van der Waals surface area contributed by atoms with Gasteiger partial charge in [0.15, 0.2) is 0 Å². The highest BCUT2D eigenvalue weighted by molar-refractivity contribution is 5.53. The first kappa shape index (κ1) is 12.6. The number of carbonyl (C=O) groups excluding carboxylic acids is 1. The second-order valence-corrected chi connectivity index (χ2v) is 3.53. The Labute approximate surface area is 81.0 Å². The van der Waals surface area contributed by atoms with Gasteiger partial charge >= 0.3 is 0 Å². The minimum atomic E-state index is 0.406. The Morgan fingerprint density at radius 2 is 1.69 bits per heavy atom. The zero-order valence-electron chi connectivity index (χ0n) is 8.95. The lowest BCUT2D eigenvalue weighted by molar-refractivity contribution is -0.111. The van der Waals surface area contributed by atoms with Crippen LogP contribution in [0.25, 0.3) is 0 Å². The van der Waals surface area contributed by atoms with Gasteiger partial charge in [0.1, 0.15) is 6.29 Å². The largest absolute Gasteiger partial charge is 0.303 e. The van der Waals surface area contributed by atoms with Crippen LogP contribution in [0, 0.1) is 5.92 Å². The van der Waals surface area contributed by atoms with Crippen molar-refractivity contribution in [2.45, 2.75) is 32.1 Å². The number of hydroxylamine groups is 2. The Kier molecular flexibility index (Phi) is 7.94. The monoisotopic (exact) mass is 187 g/mol. The standard InChI is InChI=1S/C7H12O.C3H9NO/c8-6-7-4-2-1-3-5-7;1-4(2)5-3/h6-7H,1-5H2;1-3H3. The number of hydrogen-bond acceptors (Lipinski definition) is 3. The van der Waals surface area contributed by atoms with Crippen molar-refractivity contribution in [3.8, 4) is 0 Å². The van der Waals surface area contributed by atoms with Gasteiger partial charge in [-0.3, -0.25) is 0 Å². The molecule has 0 spiro atoms. The molecule has 1 aliphatic rings. The number of aldehydes is 1. The van der Waals surface area contributed by atoms with E-state index in [1.807, 2.05) is 14.1 Å². The lowest BCUT2D eigenvalue weighted by Crippen LogP contribution is -2.07. The smallest absolute Gasteiger partial charge is 0.123 e. The summed E-state index contributed by atoms with van der Waals surface area (Å²) in [6.07, 6.45) is 7.27. The zero-order chi connectivity index (χ0) is 10.1. The number of carbonyl (C=O) groups is 1. The molecular formula is C10H21NO2. The van der Waals surface area contributed by atoms with Gasteiger partial charge in [-0.05, 0) is 12.8 Å². The van der Waals surface area contributed by atoms with Crippen LogP contribution in [0.3, 0.4) is 0 Å². The van der Waals surface area contributed by atoms with Crippen molar-refractivity contribution in [1.29, 1.82) is 0 Å². The van der Waals surface area contributed by atoms with E-state index in [4.69, 9.17) is 0 Å². The van der Waals surface area contributed by atoms with Crippen molar-refractivity contribution in [1.82, 2.24) is 5.06 Å². The van der Waals surface area contributed by atoms with Gasteiger partial charge in [0.2, 0.25) is 0 Å². The van der Waals surface area contributed by atoms with Crippen molar-refractivity contribution >= 4 is 6.29 Å². The zero-order valence-corrected chi connectivity index (χ0v) is 8.95. The molecule has 1 aliphatic carbocycles. The molecule has 0 heterocycles. The topological polar surface area (TPSA) is 29.5 Å². The first-order valence-corrected chi connectivity index (χ1v) is 4.87. The third-order valence-corrected chi connectivity index (χ3v) is 2.21. The quantitative estimate of drug-likeness (QED) is 0.488. The first-order chi connectivity index (χ1) is 6.20. The molecule has 0 atom stereocenters. The normalized spacial score (nSPS) is 17.8. The average molecular weight is 187 g/mol. The van der Waals surface area contributed by atoms with Crippen LogP contribution in [0.4, 0.5) is 0 Å². The number of rotatable bonds is 2. The summed E-state index contributed by atoms with van der Waals surface area (Å²) in [6, 6.07) is 0. The maximum absolute atomic E-state index is 10.2. The molecule has 1 saturated carbocycles. The Bertz CT molecular complexity index is 120. The van der Waals surface area contributed by atoms with Gasteiger partial charge in [-0.1, -0.05) is 19.3 Å². The van der Waals surface area contributed by atoms with Gasteiger partial charge in [-0.2, -0.15) is 5.06 Å². The second kappa shape index (κ2) is 8.20. The van der Waals surface area contributed by atoms with Crippen LogP contribution in [0.1, 0.15) is 32.1 Å². The molecule has 0 N–H and O–H groups in total. The molecule has 0 aromatic carbocycles. The van der Waals surface area contributed by atoms with Crippen molar-refractivity contribution in [3.63, 3.8) is 0 Å². The maximum atomic E-state index is 10.2. The summed E-state index contributed by atoms with van der Waals surface area (Å²) in [5, 5.41) is 1.62. The van der Waals surface area contributed by atoms with Crippen LogP contribution in [0.2, 0.25) is 0 Å². The summed E-state index contributed by atoms with van der Waals surface area (Å²) in [5.41, 5.74) is 0. The molecule has 0 radical (unpaired) electrons. The van der Waals surface area contributed by atoms with E-state index < -0.39 is 0 Å². The summed E-state index contributed by atoms with van der Waals surface area (Å²) < 4.78 is 0. The summed E-state index contributed by atoms with van der Waals surface area (Å²) in [7, 11) is 5.29. The molecule has 0 unspecified atom stereocenters.